The molecule has 1 aromatic carbocycles. The van der Waals surface area contributed by atoms with Gasteiger partial charge in [-0.05, 0) is 75.1 Å². The van der Waals surface area contributed by atoms with Crippen molar-refractivity contribution in [3.63, 3.8) is 0 Å². The van der Waals surface area contributed by atoms with Crippen molar-refractivity contribution in [2.24, 2.45) is 5.92 Å². The molecule has 3 aliphatic heterocycles. The summed E-state index contributed by atoms with van der Waals surface area (Å²) in [5.41, 5.74) is 1.57. The summed E-state index contributed by atoms with van der Waals surface area (Å²) in [4.78, 5) is 30.9. The summed E-state index contributed by atoms with van der Waals surface area (Å²) < 4.78 is 27.7. The van der Waals surface area contributed by atoms with Crippen LogP contribution in [0.5, 0.6) is 0 Å². The monoisotopic (exact) mass is 476 g/mol. The molecule has 0 atom stereocenters. The highest BCUT2D eigenvalue weighted by Crippen LogP contribution is 2.24. The summed E-state index contributed by atoms with van der Waals surface area (Å²) in [6.07, 6.45) is 7.83. The predicted molar refractivity (Wildman–Crippen MR) is 130 cm³/mol. The number of sulfonamides is 1. The zero-order chi connectivity index (χ0) is 23.3. The summed E-state index contributed by atoms with van der Waals surface area (Å²) in [6, 6.07) is 7.38. The van der Waals surface area contributed by atoms with Crippen LogP contribution in [0.1, 0.15) is 51.4 Å². The highest BCUT2D eigenvalue weighted by molar-refractivity contribution is 7.93. The molecule has 8 nitrogen and oxygen atoms in total. The fraction of sp³-hybridized carbons (Fsp3) is 0.667. The van der Waals surface area contributed by atoms with Crippen molar-refractivity contribution >= 4 is 33.2 Å². The smallest absolute Gasteiger partial charge is 0.241 e. The number of nitrogens with zero attached hydrogens (tertiary/aromatic N) is 3. The summed E-state index contributed by atoms with van der Waals surface area (Å²) >= 11 is 0. The molecule has 9 heteroatoms. The Labute approximate surface area is 197 Å². The SMILES string of the molecule is O=C(CC1CCN(C(=O)CS(=O)(=O)Nc2ccc(N3CCCCC3)cc2)CC1)N1CCCC1. The number of carbonyl (C=O) groups is 2. The van der Waals surface area contributed by atoms with Crippen molar-refractivity contribution in [1.29, 1.82) is 0 Å². The highest BCUT2D eigenvalue weighted by Gasteiger charge is 2.29. The Morgan fingerprint density at radius 2 is 1.36 bits per heavy atom. The van der Waals surface area contributed by atoms with Crippen LogP contribution in [-0.4, -0.2) is 75.1 Å². The molecule has 0 saturated carbocycles. The first-order valence-corrected chi connectivity index (χ1v) is 14.0. The fourth-order valence-corrected chi connectivity index (χ4v) is 6.17. The quantitative estimate of drug-likeness (QED) is 0.654. The van der Waals surface area contributed by atoms with E-state index in [1.807, 2.05) is 17.0 Å². The Morgan fingerprint density at radius 3 is 2.00 bits per heavy atom. The van der Waals surface area contributed by atoms with Gasteiger partial charge >= 0.3 is 0 Å². The molecule has 0 aliphatic carbocycles. The lowest BCUT2D eigenvalue weighted by Gasteiger charge is -2.32. The van der Waals surface area contributed by atoms with Gasteiger partial charge in [0, 0.05) is 57.1 Å². The predicted octanol–water partition coefficient (Wildman–Crippen LogP) is 2.67. The van der Waals surface area contributed by atoms with Gasteiger partial charge in [-0.3, -0.25) is 14.3 Å². The molecule has 0 bridgehead atoms. The van der Waals surface area contributed by atoms with Gasteiger partial charge in [0.1, 0.15) is 5.75 Å². The van der Waals surface area contributed by atoms with Gasteiger partial charge in [0.2, 0.25) is 21.8 Å². The number of anilines is 2. The minimum Gasteiger partial charge on any atom is -0.372 e. The van der Waals surface area contributed by atoms with E-state index < -0.39 is 15.8 Å². The zero-order valence-corrected chi connectivity index (χ0v) is 20.2. The van der Waals surface area contributed by atoms with Crippen LogP contribution >= 0.6 is 0 Å². The van der Waals surface area contributed by atoms with E-state index in [0.29, 0.717) is 25.2 Å². The van der Waals surface area contributed by atoms with Gasteiger partial charge in [-0.15, -0.1) is 0 Å². The summed E-state index contributed by atoms with van der Waals surface area (Å²) in [6.45, 7) is 4.81. The van der Waals surface area contributed by atoms with E-state index in [1.54, 1.807) is 17.0 Å². The Balaban J connectivity index is 1.22. The third-order valence-electron chi connectivity index (χ3n) is 7.06. The number of hydrogen-bond acceptors (Lipinski definition) is 5. The first kappa shape index (κ1) is 23.9. The molecule has 3 fully saturated rings. The van der Waals surface area contributed by atoms with Crippen LogP contribution in [0.15, 0.2) is 24.3 Å². The van der Waals surface area contributed by atoms with E-state index in [4.69, 9.17) is 0 Å². The van der Waals surface area contributed by atoms with E-state index in [-0.39, 0.29) is 17.7 Å². The molecule has 182 valence electrons. The van der Waals surface area contributed by atoms with E-state index in [9.17, 15) is 18.0 Å². The molecule has 0 radical (unpaired) electrons. The molecule has 3 saturated heterocycles. The third-order valence-corrected chi connectivity index (χ3v) is 8.24. The maximum atomic E-state index is 12.6. The van der Waals surface area contributed by atoms with Crippen molar-refractivity contribution in [2.45, 2.75) is 51.4 Å². The number of hydrogen-bond donors (Lipinski definition) is 1. The molecule has 0 unspecified atom stereocenters. The standard InChI is InChI=1S/C24H36N4O4S/c29-23(27-14-4-5-15-27)18-20-10-16-28(17-11-20)24(30)19-33(31,32)25-21-6-8-22(9-7-21)26-12-2-1-3-13-26/h6-9,20,25H,1-5,10-19H2. The van der Waals surface area contributed by atoms with Crippen molar-refractivity contribution in [1.82, 2.24) is 9.80 Å². The first-order valence-electron chi connectivity index (χ1n) is 12.3. The van der Waals surface area contributed by atoms with Crippen molar-refractivity contribution in [3.8, 4) is 0 Å². The number of nitrogens with one attached hydrogen (secondary N) is 1. The lowest BCUT2D eigenvalue weighted by molar-refractivity contribution is -0.132. The molecule has 0 aromatic heterocycles. The second-order valence-electron chi connectivity index (χ2n) is 9.57. The zero-order valence-electron chi connectivity index (χ0n) is 19.4. The fourth-order valence-electron chi connectivity index (χ4n) is 5.09. The number of likely N-dealkylation sites (tertiary alicyclic amines) is 2. The van der Waals surface area contributed by atoms with E-state index in [1.165, 1.54) is 19.3 Å². The molecule has 1 aromatic rings. The molecular weight excluding hydrogens is 440 g/mol. The summed E-state index contributed by atoms with van der Waals surface area (Å²) in [7, 11) is -3.78. The van der Waals surface area contributed by atoms with Crippen molar-refractivity contribution < 1.29 is 18.0 Å². The van der Waals surface area contributed by atoms with Crippen LogP contribution in [0.25, 0.3) is 0 Å². The largest absolute Gasteiger partial charge is 0.372 e. The minimum absolute atomic E-state index is 0.218. The van der Waals surface area contributed by atoms with Gasteiger partial charge in [-0.25, -0.2) is 8.42 Å². The molecule has 0 spiro atoms. The van der Waals surface area contributed by atoms with Gasteiger partial charge in [0.05, 0.1) is 0 Å². The number of benzene rings is 1. The Hall–Kier alpha value is -2.29. The van der Waals surface area contributed by atoms with Gasteiger partial charge in [0.25, 0.3) is 0 Å². The van der Waals surface area contributed by atoms with Crippen molar-refractivity contribution in [3.05, 3.63) is 24.3 Å². The first-order chi connectivity index (χ1) is 15.9. The number of amides is 2. The average Bonchev–Trinajstić information content (AvgIpc) is 3.35. The Morgan fingerprint density at radius 1 is 0.788 bits per heavy atom. The molecule has 2 amide bonds. The normalized spacial score (nSPS) is 20.2. The lowest BCUT2D eigenvalue weighted by atomic mass is 9.93. The summed E-state index contributed by atoms with van der Waals surface area (Å²) in [5.74, 6) is -0.444. The Bertz CT molecular complexity index is 914. The van der Waals surface area contributed by atoms with E-state index in [0.717, 1.165) is 57.5 Å². The molecule has 4 rings (SSSR count). The number of carbonyl (C=O) groups excluding carboxylic acids is 2. The third kappa shape index (κ3) is 6.62. The van der Waals surface area contributed by atoms with Gasteiger partial charge < -0.3 is 14.7 Å². The minimum atomic E-state index is -3.78. The van der Waals surface area contributed by atoms with Crippen LogP contribution in [-0.2, 0) is 19.6 Å². The number of piperidine rings is 2. The molecule has 3 heterocycles. The average molecular weight is 477 g/mol. The van der Waals surface area contributed by atoms with E-state index in [2.05, 4.69) is 9.62 Å². The highest BCUT2D eigenvalue weighted by atomic mass is 32.2. The van der Waals surface area contributed by atoms with Crippen LogP contribution in [0, 0.1) is 5.92 Å². The molecule has 3 aliphatic rings. The van der Waals surface area contributed by atoms with Gasteiger partial charge in [0.15, 0.2) is 0 Å². The van der Waals surface area contributed by atoms with Crippen molar-refractivity contribution in [2.75, 3.05) is 54.6 Å². The molecule has 33 heavy (non-hydrogen) atoms. The van der Waals surface area contributed by atoms with Crippen LogP contribution in [0.2, 0.25) is 0 Å². The summed E-state index contributed by atoms with van der Waals surface area (Å²) in [5, 5.41) is 0. The second kappa shape index (κ2) is 10.8. The maximum Gasteiger partial charge on any atom is 0.241 e. The number of rotatable bonds is 7. The van der Waals surface area contributed by atoms with Crippen LogP contribution in [0.3, 0.4) is 0 Å². The maximum absolute atomic E-state index is 12.6. The van der Waals surface area contributed by atoms with Gasteiger partial charge in [-0.1, -0.05) is 0 Å². The molecule has 1 N–H and O–H groups in total. The van der Waals surface area contributed by atoms with Crippen LogP contribution in [0.4, 0.5) is 11.4 Å². The molecular formula is C24H36N4O4S. The topological polar surface area (TPSA) is 90.0 Å². The van der Waals surface area contributed by atoms with Gasteiger partial charge in [-0.2, -0.15) is 0 Å². The Kier molecular flexibility index (Phi) is 7.78. The lowest BCUT2D eigenvalue weighted by Crippen LogP contribution is -2.43. The second-order valence-corrected chi connectivity index (χ2v) is 11.3. The van der Waals surface area contributed by atoms with E-state index >= 15 is 0 Å². The van der Waals surface area contributed by atoms with Crippen LogP contribution < -0.4 is 9.62 Å².